The molecular weight excluding hydrogens is 376 g/mol. The van der Waals surface area contributed by atoms with Gasteiger partial charge in [-0.3, -0.25) is 19.8 Å². The first kappa shape index (κ1) is 17.7. The number of benzene rings is 1. The first-order chi connectivity index (χ1) is 12.0. The van der Waals surface area contributed by atoms with Crippen LogP contribution in [0.25, 0.3) is 6.08 Å². The molecule has 0 atom stereocenters. The Hall–Kier alpha value is -2.10. The summed E-state index contributed by atoms with van der Waals surface area (Å²) in [6, 6.07) is 6.98. The van der Waals surface area contributed by atoms with Crippen LogP contribution < -0.4 is 5.32 Å². The second-order valence-corrected chi connectivity index (χ2v) is 7.91. The summed E-state index contributed by atoms with van der Waals surface area (Å²) < 4.78 is 0.538. The van der Waals surface area contributed by atoms with Crippen LogP contribution >= 0.6 is 35.3 Å². The van der Waals surface area contributed by atoms with E-state index >= 15 is 0 Å². The van der Waals surface area contributed by atoms with Crippen molar-refractivity contribution in [3.63, 3.8) is 0 Å². The molecule has 0 unspecified atom stereocenters. The number of amides is 2. The lowest BCUT2D eigenvalue weighted by Crippen LogP contribution is -2.22. The van der Waals surface area contributed by atoms with Crippen LogP contribution in [0.5, 0.6) is 0 Å². The second-order valence-electron chi connectivity index (χ2n) is 5.17. The third-order valence-corrected chi connectivity index (χ3v) is 5.91. The Morgan fingerprint density at radius 1 is 1.32 bits per heavy atom. The third-order valence-electron chi connectivity index (χ3n) is 3.45. The fraction of sp³-hybridized carbons (Fsp3) is 0.188. The van der Waals surface area contributed by atoms with Crippen LogP contribution in [0.15, 0.2) is 29.2 Å². The zero-order chi connectivity index (χ0) is 18.0. The van der Waals surface area contributed by atoms with Gasteiger partial charge in [-0.25, -0.2) is 0 Å². The molecule has 0 aliphatic carbocycles. The van der Waals surface area contributed by atoms with Crippen LogP contribution in [-0.4, -0.2) is 38.3 Å². The molecule has 1 aromatic heterocycles. The van der Waals surface area contributed by atoms with Gasteiger partial charge in [0.25, 0.3) is 11.8 Å². The number of carbonyl (C=O) groups is 2. The third kappa shape index (κ3) is 3.94. The van der Waals surface area contributed by atoms with E-state index in [-0.39, 0.29) is 11.8 Å². The molecule has 3 rings (SSSR count). The highest BCUT2D eigenvalue weighted by Crippen LogP contribution is 2.31. The number of aryl methyl sites for hydroxylation is 1. The molecule has 2 heterocycles. The van der Waals surface area contributed by atoms with Crippen molar-refractivity contribution in [3.8, 4) is 0 Å². The lowest BCUT2D eigenvalue weighted by molar-refractivity contribution is -0.121. The molecule has 1 N–H and O–H groups in total. The molecule has 0 bridgehead atoms. The molecule has 1 fully saturated rings. The zero-order valence-electron chi connectivity index (χ0n) is 13.5. The Bertz CT molecular complexity index is 874. The van der Waals surface area contributed by atoms with E-state index in [9.17, 15) is 9.59 Å². The van der Waals surface area contributed by atoms with Crippen LogP contribution in [0, 0.1) is 0 Å². The number of aromatic nitrogens is 2. The zero-order valence-corrected chi connectivity index (χ0v) is 15.9. The molecule has 0 radical (unpaired) electrons. The fourth-order valence-corrected chi connectivity index (χ4v) is 3.90. The highest BCUT2D eigenvalue weighted by molar-refractivity contribution is 8.26. The Labute approximate surface area is 158 Å². The molecule has 1 aliphatic heterocycles. The molecule has 2 aromatic rings. The monoisotopic (exact) mass is 390 g/mol. The van der Waals surface area contributed by atoms with Crippen LogP contribution in [-0.2, 0) is 11.2 Å². The molecule has 25 heavy (non-hydrogen) atoms. The summed E-state index contributed by atoms with van der Waals surface area (Å²) in [4.78, 5) is 26.3. The van der Waals surface area contributed by atoms with Gasteiger partial charge in [0, 0.05) is 12.6 Å². The van der Waals surface area contributed by atoms with Crippen molar-refractivity contribution in [2.75, 3.05) is 12.4 Å². The predicted octanol–water partition coefficient (Wildman–Crippen LogP) is 3.18. The average Bonchev–Trinajstić information content (AvgIpc) is 3.16. The van der Waals surface area contributed by atoms with Gasteiger partial charge in [-0.15, -0.1) is 10.2 Å². The molecule has 1 saturated heterocycles. The SMILES string of the molecule is CCc1nnc(NC(=O)c2ccc(/C=C3/SC(=S)N(C)C3=O)cc2)s1. The minimum Gasteiger partial charge on any atom is -0.296 e. The molecule has 1 aromatic carbocycles. The highest BCUT2D eigenvalue weighted by atomic mass is 32.2. The van der Waals surface area contributed by atoms with Crippen molar-refractivity contribution in [2.24, 2.45) is 0 Å². The highest BCUT2D eigenvalue weighted by Gasteiger charge is 2.28. The number of rotatable bonds is 4. The van der Waals surface area contributed by atoms with Crippen molar-refractivity contribution in [1.29, 1.82) is 0 Å². The molecular formula is C16H14N4O2S3. The minimum absolute atomic E-state index is 0.111. The van der Waals surface area contributed by atoms with E-state index in [2.05, 4.69) is 15.5 Å². The van der Waals surface area contributed by atoms with E-state index in [1.165, 1.54) is 28.0 Å². The van der Waals surface area contributed by atoms with Gasteiger partial charge >= 0.3 is 0 Å². The maximum absolute atomic E-state index is 12.2. The fourth-order valence-electron chi connectivity index (χ4n) is 2.04. The Kier molecular flexibility index (Phi) is 5.26. The second kappa shape index (κ2) is 7.42. The summed E-state index contributed by atoms with van der Waals surface area (Å²) in [6.45, 7) is 1.98. The lowest BCUT2D eigenvalue weighted by atomic mass is 10.1. The summed E-state index contributed by atoms with van der Waals surface area (Å²) in [5, 5.41) is 12.0. The first-order valence-electron chi connectivity index (χ1n) is 7.43. The van der Waals surface area contributed by atoms with Gasteiger partial charge in [-0.1, -0.05) is 54.4 Å². The van der Waals surface area contributed by atoms with Crippen molar-refractivity contribution in [3.05, 3.63) is 45.3 Å². The van der Waals surface area contributed by atoms with Crippen molar-refractivity contribution < 1.29 is 9.59 Å². The molecule has 1 aliphatic rings. The number of anilines is 1. The van der Waals surface area contributed by atoms with Gasteiger partial charge in [-0.2, -0.15) is 0 Å². The molecule has 128 valence electrons. The largest absolute Gasteiger partial charge is 0.296 e. The van der Waals surface area contributed by atoms with E-state index in [1.54, 1.807) is 37.4 Å². The Morgan fingerprint density at radius 3 is 2.60 bits per heavy atom. The topological polar surface area (TPSA) is 75.2 Å². The van der Waals surface area contributed by atoms with E-state index in [0.717, 1.165) is 17.0 Å². The summed E-state index contributed by atoms with van der Waals surface area (Å²) in [7, 11) is 1.66. The maximum Gasteiger partial charge on any atom is 0.265 e. The van der Waals surface area contributed by atoms with Gasteiger partial charge in [0.2, 0.25) is 5.13 Å². The number of likely N-dealkylation sites (N-methyl/N-ethyl adjacent to an activating group) is 1. The predicted molar refractivity (Wildman–Crippen MR) is 105 cm³/mol. The molecule has 0 saturated carbocycles. The Balaban J connectivity index is 1.70. The number of thioether (sulfide) groups is 1. The Morgan fingerprint density at radius 2 is 2.04 bits per heavy atom. The maximum atomic E-state index is 12.2. The van der Waals surface area contributed by atoms with Gasteiger partial charge < -0.3 is 0 Å². The van der Waals surface area contributed by atoms with E-state index < -0.39 is 0 Å². The number of nitrogens with one attached hydrogen (secondary N) is 1. The van der Waals surface area contributed by atoms with Crippen LogP contribution in [0.1, 0.15) is 27.9 Å². The van der Waals surface area contributed by atoms with Crippen LogP contribution in [0.4, 0.5) is 5.13 Å². The summed E-state index contributed by atoms with van der Waals surface area (Å²) in [5.41, 5.74) is 1.34. The van der Waals surface area contributed by atoms with Crippen LogP contribution in [0.2, 0.25) is 0 Å². The number of thiocarbonyl (C=S) groups is 1. The smallest absolute Gasteiger partial charge is 0.265 e. The van der Waals surface area contributed by atoms with Crippen molar-refractivity contribution in [1.82, 2.24) is 15.1 Å². The van der Waals surface area contributed by atoms with Crippen molar-refractivity contribution in [2.45, 2.75) is 13.3 Å². The minimum atomic E-state index is -0.245. The summed E-state index contributed by atoms with van der Waals surface area (Å²) in [5.74, 6) is -0.356. The molecule has 0 spiro atoms. The van der Waals surface area contributed by atoms with E-state index in [4.69, 9.17) is 12.2 Å². The van der Waals surface area contributed by atoms with Gasteiger partial charge in [-0.05, 0) is 30.2 Å². The van der Waals surface area contributed by atoms with E-state index in [1.807, 2.05) is 6.92 Å². The molecule has 9 heteroatoms. The number of carbonyl (C=O) groups excluding carboxylic acids is 2. The first-order valence-corrected chi connectivity index (χ1v) is 9.47. The normalized spacial score (nSPS) is 15.9. The van der Waals surface area contributed by atoms with Gasteiger partial charge in [0.15, 0.2) is 0 Å². The van der Waals surface area contributed by atoms with E-state index in [0.29, 0.717) is 19.9 Å². The van der Waals surface area contributed by atoms with Crippen molar-refractivity contribution >= 4 is 62.7 Å². The molecule has 2 amide bonds. The number of hydrogen-bond acceptors (Lipinski definition) is 7. The summed E-state index contributed by atoms with van der Waals surface area (Å²) >= 11 is 7.73. The number of nitrogens with zero attached hydrogens (tertiary/aromatic N) is 3. The lowest BCUT2D eigenvalue weighted by Gasteiger charge is -2.04. The van der Waals surface area contributed by atoms with Gasteiger partial charge in [0.1, 0.15) is 9.33 Å². The summed E-state index contributed by atoms with van der Waals surface area (Å²) in [6.07, 6.45) is 2.55. The quantitative estimate of drug-likeness (QED) is 0.638. The van der Waals surface area contributed by atoms with Crippen LogP contribution in [0.3, 0.4) is 0 Å². The molecule has 6 nitrogen and oxygen atoms in total. The van der Waals surface area contributed by atoms with Gasteiger partial charge in [0.05, 0.1) is 4.91 Å². The average molecular weight is 391 g/mol. The standard InChI is InChI=1S/C16H14N4O2S3/c1-3-12-18-19-15(25-12)17-13(21)10-6-4-9(5-7-10)8-11-14(22)20(2)16(23)24-11/h4-8H,3H2,1-2H3,(H,17,19,21)/b11-8+. The number of hydrogen-bond donors (Lipinski definition) is 1.